The zero-order valence-corrected chi connectivity index (χ0v) is 17.2. The third kappa shape index (κ3) is 21.7. The fourth-order valence-corrected chi connectivity index (χ4v) is 2.50. The first kappa shape index (κ1) is 22.7. The molecule has 1 nitrogen and oxygen atoms in total. The first-order valence-electron chi connectivity index (χ1n) is 9.38. The Morgan fingerprint density at radius 2 is 1.39 bits per heavy atom. The van der Waals surface area contributed by atoms with Gasteiger partial charge in [-0.25, -0.2) is 0 Å². The lowest BCUT2D eigenvalue weighted by molar-refractivity contribution is 0.162. The van der Waals surface area contributed by atoms with E-state index in [0.717, 1.165) is 13.0 Å². The molecule has 0 aliphatic rings. The smallest absolute Gasteiger partial charge is 0.108 e. The molecule has 0 bridgehead atoms. The van der Waals surface area contributed by atoms with Crippen LogP contribution >= 0.6 is 22.6 Å². The van der Waals surface area contributed by atoms with Gasteiger partial charge in [0.15, 0.2) is 0 Å². The summed E-state index contributed by atoms with van der Waals surface area (Å²) in [6, 6.07) is 0. The Kier molecular flexibility index (Phi) is 21.5. The van der Waals surface area contributed by atoms with Gasteiger partial charge < -0.3 is 4.74 Å². The Hall–Kier alpha value is -0.270. The Morgan fingerprint density at radius 1 is 0.783 bits per heavy atom. The Bertz CT molecular complexity index is 335. The molecule has 0 aromatic carbocycles. The minimum atomic E-state index is 0.587. The highest BCUT2D eigenvalue weighted by Gasteiger charge is 1.91. The highest BCUT2D eigenvalue weighted by Crippen LogP contribution is 2.08. The van der Waals surface area contributed by atoms with Gasteiger partial charge in [0, 0.05) is 29.2 Å². The highest BCUT2D eigenvalue weighted by molar-refractivity contribution is 14.1. The van der Waals surface area contributed by atoms with Crippen molar-refractivity contribution in [3.05, 3.63) is 24.3 Å². The number of ether oxygens (including phenoxy) is 1. The van der Waals surface area contributed by atoms with Crippen molar-refractivity contribution in [1.29, 1.82) is 0 Å². The summed E-state index contributed by atoms with van der Waals surface area (Å²) in [5.41, 5.74) is 0. The standard InChI is InChI=1S/C21H35IO/c1-2-3-4-5-6-7-8-9-10-11-12-13-14-15-16-17-20-23-21-18-19-22/h6-7,9-10H,2-5,8,11-17,20-21H2,1H3/b7-6-,10-9-. The van der Waals surface area contributed by atoms with E-state index in [2.05, 4.69) is 41.1 Å². The predicted octanol–water partition coefficient (Wildman–Crippen LogP) is 7.21. The predicted molar refractivity (Wildman–Crippen MR) is 112 cm³/mol. The normalized spacial score (nSPS) is 11.2. The van der Waals surface area contributed by atoms with E-state index >= 15 is 0 Å². The molecule has 0 N–H and O–H groups in total. The number of unbranched alkanes of at least 4 members (excludes halogenated alkanes) is 9. The summed E-state index contributed by atoms with van der Waals surface area (Å²) in [6.45, 7) is 3.70. The fraction of sp³-hybridized carbons (Fsp3) is 0.714. The van der Waals surface area contributed by atoms with Crippen LogP contribution in [-0.4, -0.2) is 13.2 Å². The third-order valence-electron chi connectivity index (χ3n) is 3.73. The van der Waals surface area contributed by atoms with Crippen molar-refractivity contribution in [1.82, 2.24) is 0 Å². The molecule has 0 saturated heterocycles. The number of rotatable bonds is 16. The van der Waals surface area contributed by atoms with Gasteiger partial charge in [-0.05, 0) is 42.5 Å². The molecule has 2 heteroatoms. The molecule has 0 heterocycles. The Balaban J connectivity index is 3.14. The number of hydrogen-bond acceptors (Lipinski definition) is 1. The van der Waals surface area contributed by atoms with E-state index in [1.165, 1.54) is 70.6 Å². The second kappa shape index (κ2) is 21.7. The molecule has 0 spiro atoms. The van der Waals surface area contributed by atoms with E-state index < -0.39 is 0 Å². The van der Waals surface area contributed by atoms with Gasteiger partial charge >= 0.3 is 0 Å². The average Bonchev–Trinajstić information content (AvgIpc) is 2.57. The number of halogens is 1. The molecular weight excluding hydrogens is 395 g/mol. The summed E-state index contributed by atoms with van der Waals surface area (Å²) in [4.78, 5) is 0. The van der Waals surface area contributed by atoms with E-state index in [4.69, 9.17) is 4.74 Å². The minimum Gasteiger partial charge on any atom is -0.369 e. The SMILES string of the molecule is CCCCC/C=C\C/C=C\CCCCCCCCOCC#CI. The molecule has 0 saturated carbocycles. The van der Waals surface area contributed by atoms with Crippen LogP contribution < -0.4 is 0 Å². The first-order valence-corrected chi connectivity index (χ1v) is 10.5. The van der Waals surface area contributed by atoms with E-state index in [1.54, 1.807) is 0 Å². The lowest BCUT2D eigenvalue weighted by Gasteiger charge is -2.01. The van der Waals surface area contributed by atoms with Gasteiger partial charge in [-0.3, -0.25) is 0 Å². The fourth-order valence-electron chi connectivity index (χ4n) is 2.34. The van der Waals surface area contributed by atoms with Crippen LogP contribution in [0.2, 0.25) is 0 Å². The van der Waals surface area contributed by atoms with Crippen molar-refractivity contribution < 1.29 is 4.74 Å². The van der Waals surface area contributed by atoms with Gasteiger partial charge in [0.25, 0.3) is 0 Å². The molecular formula is C21H35IO. The van der Waals surface area contributed by atoms with Gasteiger partial charge in [-0.15, -0.1) is 0 Å². The van der Waals surface area contributed by atoms with Crippen molar-refractivity contribution in [2.45, 2.75) is 84.0 Å². The van der Waals surface area contributed by atoms with Gasteiger partial charge in [-0.1, -0.05) is 75.7 Å². The van der Waals surface area contributed by atoms with Crippen LogP contribution in [0.25, 0.3) is 0 Å². The van der Waals surface area contributed by atoms with Crippen molar-refractivity contribution in [3.8, 4) is 9.85 Å². The molecule has 0 aliphatic heterocycles. The summed E-state index contributed by atoms with van der Waals surface area (Å²) in [5, 5.41) is 0. The second-order valence-corrected chi connectivity index (χ2v) is 6.45. The zero-order valence-electron chi connectivity index (χ0n) is 15.0. The molecule has 0 rings (SSSR count). The van der Waals surface area contributed by atoms with Crippen LogP contribution in [0.4, 0.5) is 0 Å². The molecule has 0 unspecified atom stereocenters. The van der Waals surface area contributed by atoms with Crippen molar-refractivity contribution in [2.24, 2.45) is 0 Å². The second-order valence-electron chi connectivity index (χ2n) is 5.91. The van der Waals surface area contributed by atoms with Gasteiger partial charge in [-0.2, -0.15) is 0 Å². The van der Waals surface area contributed by atoms with Crippen LogP contribution in [0.1, 0.15) is 84.0 Å². The summed E-state index contributed by atoms with van der Waals surface area (Å²) in [6.07, 6.45) is 24.8. The van der Waals surface area contributed by atoms with Crippen LogP contribution in [0, 0.1) is 9.85 Å². The van der Waals surface area contributed by atoms with Crippen LogP contribution in [-0.2, 0) is 4.74 Å². The summed E-state index contributed by atoms with van der Waals surface area (Å²) < 4.78 is 8.21. The van der Waals surface area contributed by atoms with Gasteiger partial charge in [0.1, 0.15) is 6.61 Å². The molecule has 23 heavy (non-hydrogen) atoms. The van der Waals surface area contributed by atoms with E-state index in [1.807, 2.05) is 22.6 Å². The molecule has 0 radical (unpaired) electrons. The Morgan fingerprint density at radius 3 is 2.04 bits per heavy atom. The quantitative estimate of drug-likeness (QED) is 0.109. The molecule has 0 aromatic rings. The largest absolute Gasteiger partial charge is 0.369 e. The maximum atomic E-state index is 5.40. The van der Waals surface area contributed by atoms with Crippen LogP contribution in [0.5, 0.6) is 0 Å². The highest BCUT2D eigenvalue weighted by atomic mass is 127. The number of allylic oxidation sites excluding steroid dienone is 4. The summed E-state index contributed by atoms with van der Waals surface area (Å²) >= 11 is 2.04. The van der Waals surface area contributed by atoms with E-state index in [9.17, 15) is 0 Å². The van der Waals surface area contributed by atoms with Crippen molar-refractivity contribution >= 4 is 22.6 Å². The minimum absolute atomic E-state index is 0.587. The Labute approximate surface area is 158 Å². The molecule has 0 atom stereocenters. The average molecular weight is 430 g/mol. The summed E-state index contributed by atoms with van der Waals surface area (Å²) in [5.74, 6) is 2.91. The summed E-state index contributed by atoms with van der Waals surface area (Å²) in [7, 11) is 0. The molecule has 0 aliphatic carbocycles. The zero-order chi connectivity index (χ0) is 16.8. The molecule has 0 amide bonds. The van der Waals surface area contributed by atoms with Gasteiger partial charge in [0.05, 0.1) is 0 Å². The first-order chi connectivity index (χ1) is 11.4. The molecule has 132 valence electrons. The van der Waals surface area contributed by atoms with E-state index in [-0.39, 0.29) is 0 Å². The van der Waals surface area contributed by atoms with E-state index in [0.29, 0.717) is 6.61 Å². The number of hydrogen-bond donors (Lipinski definition) is 0. The topological polar surface area (TPSA) is 9.23 Å². The lowest BCUT2D eigenvalue weighted by atomic mass is 10.1. The van der Waals surface area contributed by atoms with Crippen molar-refractivity contribution in [2.75, 3.05) is 13.2 Å². The maximum absolute atomic E-state index is 5.40. The monoisotopic (exact) mass is 430 g/mol. The molecule has 0 aromatic heterocycles. The molecule has 0 fully saturated rings. The maximum Gasteiger partial charge on any atom is 0.108 e. The lowest BCUT2D eigenvalue weighted by Crippen LogP contribution is -1.94. The van der Waals surface area contributed by atoms with Crippen molar-refractivity contribution in [3.63, 3.8) is 0 Å². The third-order valence-corrected chi connectivity index (χ3v) is 4.11. The van der Waals surface area contributed by atoms with Gasteiger partial charge in [0.2, 0.25) is 0 Å². The van der Waals surface area contributed by atoms with Crippen LogP contribution in [0.3, 0.4) is 0 Å². The van der Waals surface area contributed by atoms with Crippen LogP contribution in [0.15, 0.2) is 24.3 Å².